The highest BCUT2D eigenvalue weighted by molar-refractivity contribution is 7.45. The molecule has 0 atom stereocenters. The minimum Gasteiger partial charge on any atom is -0.375 e. The number of benzene rings is 1. The Balaban J connectivity index is 0.00000445. The molecular weight excluding hydrogens is 637 g/mol. The zero-order valence-corrected chi connectivity index (χ0v) is 34.6. The van der Waals surface area contributed by atoms with E-state index in [9.17, 15) is 0 Å². The van der Waals surface area contributed by atoms with Gasteiger partial charge in [0.05, 0.1) is 0 Å². The van der Waals surface area contributed by atoms with Crippen molar-refractivity contribution in [2.45, 2.75) is 232 Å². The van der Waals surface area contributed by atoms with Crippen molar-refractivity contribution in [3.63, 3.8) is 0 Å². The SMILES string of the molecule is CCCCCCCCCCCCCCCCCCCc1ccc(N(C)CCCCCCCCCCCCCCCCCC)cc1.O=P(O)(O)O. The topological polar surface area (TPSA) is 81.0 Å². The van der Waals surface area contributed by atoms with E-state index >= 15 is 0 Å². The van der Waals surface area contributed by atoms with Crippen molar-refractivity contribution >= 4 is 13.5 Å². The van der Waals surface area contributed by atoms with Gasteiger partial charge in [-0.2, -0.15) is 0 Å². The van der Waals surface area contributed by atoms with Gasteiger partial charge in [-0.25, -0.2) is 4.57 Å². The summed E-state index contributed by atoms with van der Waals surface area (Å²) in [6.07, 6.45) is 48.9. The van der Waals surface area contributed by atoms with Crippen LogP contribution in [0.1, 0.15) is 231 Å². The van der Waals surface area contributed by atoms with Crippen LogP contribution in [0.5, 0.6) is 0 Å². The lowest BCUT2D eigenvalue weighted by Crippen LogP contribution is -2.18. The molecule has 0 amide bonds. The number of rotatable bonds is 36. The molecule has 0 saturated carbocycles. The number of phosphoric acid groups is 1. The maximum absolute atomic E-state index is 8.88. The first-order chi connectivity index (χ1) is 24.3. The van der Waals surface area contributed by atoms with Gasteiger partial charge >= 0.3 is 7.82 Å². The summed E-state index contributed by atoms with van der Waals surface area (Å²) < 4.78 is 8.88. The zero-order chi connectivity index (χ0) is 36.8. The zero-order valence-electron chi connectivity index (χ0n) is 33.7. The molecule has 0 spiro atoms. The molecule has 1 aromatic carbocycles. The second-order valence-corrected chi connectivity index (χ2v) is 16.3. The monoisotopic (exact) mass is 724 g/mol. The second-order valence-electron chi connectivity index (χ2n) is 15.3. The van der Waals surface area contributed by atoms with Gasteiger partial charge in [0.15, 0.2) is 0 Å². The van der Waals surface area contributed by atoms with Gasteiger partial charge in [0.2, 0.25) is 0 Å². The van der Waals surface area contributed by atoms with Crippen molar-refractivity contribution in [3.8, 4) is 0 Å². The molecule has 0 radical (unpaired) electrons. The fourth-order valence-electron chi connectivity index (χ4n) is 7.00. The predicted octanol–water partition coefficient (Wildman–Crippen LogP) is 14.6. The summed E-state index contributed by atoms with van der Waals surface area (Å²) in [4.78, 5) is 24.0. The maximum atomic E-state index is 8.88. The highest BCUT2D eigenvalue weighted by atomic mass is 31.2. The lowest BCUT2D eigenvalue weighted by Gasteiger charge is -2.19. The van der Waals surface area contributed by atoms with E-state index in [0.29, 0.717) is 0 Å². The first kappa shape index (κ1) is 49.1. The van der Waals surface area contributed by atoms with Gasteiger partial charge in [-0.3, -0.25) is 0 Å². The van der Waals surface area contributed by atoms with E-state index < -0.39 is 7.82 Å². The van der Waals surface area contributed by atoms with Crippen LogP contribution >= 0.6 is 7.82 Å². The second kappa shape index (κ2) is 37.9. The molecule has 5 nitrogen and oxygen atoms in total. The molecule has 0 aliphatic rings. The van der Waals surface area contributed by atoms with Crippen LogP contribution in [0.25, 0.3) is 0 Å². The number of aryl methyl sites for hydroxylation is 1. The van der Waals surface area contributed by atoms with Crippen molar-refractivity contribution in [3.05, 3.63) is 29.8 Å². The summed E-state index contributed by atoms with van der Waals surface area (Å²) in [5.41, 5.74) is 2.91. The standard InChI is InChI=1S/C44H83N.H3O4P/c1-4-6-8-10-12-14-16-18-20-22-23-25-27-29-31-33-35-37-43-38-40-44(41-39-43)45(3)42-36-34-32-30-28-26-24-21-19-17-15-13-11-9-7-5-2;1-5(2,3)4/h38-41H,4-37,42H2,1-3H3;(H3,1,2,3,4). The average molecular weight is 724 g/mol. The molecule has 1 rings (SSSR count). The molecule has 50 heavy (non-hydrogen) atoms. The number of hydrogen-bond acceptors (Lipinski definition) is 2. The van der Waals surface area contributed by atoms with Crippen LogP contribution in [0, 0.1) is 0 Å². The quantitative estimate of drug-likeness (QED) is 0.0474. The van der Waals surface area contributed by atoms with Gasteiger partial charge in [-0.15, -0.1) is 0 Å². The van der Waals surface area contributed by atoms with Crippen LogP contribution in [0.3, 0.4) is 0 Å². The lowest BCUT2D eigenvalue weighted by molar-refractivity contribution is 0.275. The maximum Gasteiger partial charge on any atom is 0.466 e. The molecular formula is C44H86NO4P. The summed E-state index contributed by atoms with van der Waals surface area (Å²) >= 11 is 0. The molecule has 0 aliphatic heterocycles. The Labute approximate surface area is 312 Å². The first-order valence-corrected chi connectivity index (χ1v) is 23.4. The molecule has 3 N–H and O–H groups in total. The Morgan fingerprint density at radius 1 is 0.420 bits per heavy atom. The number of nitrogens with zero attached hydrogens (tertiary/aromatic N) is 1. The van der Waals surface area contributed by atoms with Crippen LogP contribution in [-0.2, 0) is 11.0 Å². The summed E-state index contributed by atoms with van der Waals surface area (Å²) in [7, 11) is -2.36. The largest absolute Gasteiger partial charge is 0.466 e. The van der Waals surface area contributed by atoms with Crippen LogP contribution in [0.4, 0.5) is 5.69 Å². The van der Waals surface area contributed by atoms with E-state index in [1.807, 2.05) is 0 Å². The number of unbranched alkanes of at least 4 members (excludes halogenated alkanes) is 31. The Bertz CT molecular complexity index is 835. The van der Waals surface area contributed by atoms with Gasteiger partial charge < -0.3 is 19.6 Å². The molecule has 0 aliphatic carbocycles. The van der Waals surface area contributed by atoms with E-state index in [2.05, 4.69) is 50.1 Å². The summed E-state index contributed by atoms with van der Waals surface area (Å²) in [6, 6.07) is 9.47. The smallest absolute Gasteiger partial charge is 0.375 e. The van der Waals surface area contributed by atoms with Crippen LogP contribution in [-0.4, -0.2) is 28.3 Å². The van der Waals surface area contributed by atoms with Crippen molar-refractivity contribution in [2.24, 2.45) is 0 Å². The number of anilines is 1. The summed E-state index contributed by atoms with van der Waals surface area (Å²) in [5.74, 6) is 0. The van der Waals surface area contributed by atoms with E-state index in [1.54, 1.807) is 0 Å². The van der Waals surface area contributed by atoms with E-state index in [4.69, 9.17) is 19.2 Å². The van der Waals surface area contributed by atoms with E-state index in [0.717, 1.165) is 0 Å². The van der Waals surface area contributed by atoms with Crippen molar-refractivity contribution in [1.82, 2.24) is 0 Å². The van der Waals surface area contributed by atoms with E-state index in [-0.39, 0.29) is 0 Å². The predicted molar refractivity (Wildman–Crippen MR) is 221 cm³/mol. The van der Waals surface area contributed by atoms with Crippen molar-refractivity contribution < 1.29 is 19.2 Å². The minimum atomic E-state index is -4.64. The van der Waals surface area contributed by atoms with Crippen molar-refractivity contribution in [2.75, 3.05) is 18.5 Å². The molecule has 1 aromatic rings. The van der Waals surface area contributed by atoms with Crippen LogP contribution in [0.15, 0.2) is 24.3 Å². The normalized spacial score (nSPS) is 11.5. The Morgan fingerprint density at radius 3 is 0.940 bits per heavy atom. The van der Waals surface area contributed by atoms with Crippen LogP contribution in [0.2, 0.25) is 0 Å². The molecule has 0 saturated heterocycles. The third-order valence-corrected chi connectivity index (χ3v) is 10.3. The minimum absolute atomic E-state index is 1.19. The third-order valence-electron chi connectivity index (χ3n) is 10.3. The Morgan fingerprint density at radius 2 is 0.660 bits per heavy atom. The summed E-state index contributed by atoms with van der Waals surface area (Å²) in [6.45, 7) is 5.80. The lowest BCUT2D eigenvalue weighted by atomic mass is 10.0. The van der Waals surface area contributed by atoms with Gasteiger partial charge in [-0.05, 0) is 37.0 Å². The molecule has 0 fully saturated rings. The fourth-order valence-corrected chi connectivity index (χ4v) is 7.00. The van der Waals surface area contributed by atoms with E-state index in [1.165, 1.54) is 236 Å². The van der Waals surface area contributed by atoms with Crippen molar-refractivity contribution in [1.29, 1.82) is 0 Å². The molecule has 0 heterocycles. The molecule has 0 bridgehead atoms. The molecule has 296 valence electrons. The highest BCUT2D eigenvalue weighted by Gasteiger charge is 2.03. The van der Waals surface area contributed by atoms with Gasteiger partial charge in [-0.1, -0.05) is 225 Å². The molecule has 6 heteroatoms. The first-order valence-electron chi connectivity index (χ1n) is 21.9. The van der Waals surface area contributed by atoms with Crippen LogP contribution < -0.4 is 4.90 Å². The summed E-state index contributed by atoms with van der Waals surface area (Å²) in [5, 5.41) is 0. The van der Waals surface area contributed by atoms with Gasteiger partial charge in [0.25, 0.3) is 0 Å². The van der Waals surface area contributed by atoms with Gasteiger partial charge in [0.1, 0.15) is 0 Å². The number of hydrogen-bond donors (Lipinski definition) is 3. The Kier molecular flexibility index (Phi) is 37.2. The Hall–Kier alpha value is -0.870. The fraction of sp³-hybridized carbons (Fsp3) is 0.864. The average Bonchev–Trinajstić information content (AvgIpc) is 3.09. The molecule has 0 unspecified atom stereocenters. The van der Waals surface area contributed by atoms with Gasteiger partial charge in [0, 0.05) is 19.3 Å². The highest BCUT2D eigenvalue weighted by Crippen LogP contribution is 2.26. The molecule has 0 aromatic heterocycles. The third kappa shape index (κ3) is 39.9.